The van der Waals surface area contributed by atoms with Gasteiger partial charge in [-0.1, -0.05) is 18.2 Å². The summed E-state index contributed by atoms with van der Waals surface area (Å²) in [5.74, 6) is 1.72. The fraction of sp³-hybridized carbons (Fsp3) is 0.450. The van der Waals surface area contributed by atoms with E-state index in [-0.39, 0.29) is 0 Å². The van der Waals surface area contributed by atoms with E-state index in [4.69, 9.17) is 14.5 Å². The smallest absolute Gasteiger partial charge is 0.191 e. The Hall–Kier alpha value is -2.27. The summed E-state index contributed by atoms with van der Waals surface area (Å²) in [6.45, 7) is 5.25. The zero-order chi connectivity index (χ0) is 17.5. The first-order valence-corrected chi connectivity index (χ1v) is 8.99. The molecule has 134 valence electrons. The fourth-order valence-corrected chi connectivity index (χ4v) is 3.03. The van der Waals surface area contributed by atoms with Gasteiger partial charge in [0.25, 0.3) is 0 Å². The molecule has 1 saturated heterocycles. The van der Waals surface area contributed by atoms with Gasteiger partial charge in [-0.25, -0.2) is 4.99 Å². The minimum Gasteiger partial charge on any atom is -0.497 e. The average molecular weight is 341 g/mol. The molecule has 0 bridgehead atoms. The van der Waals surface area contributed by atoms with Crippen molar-refractivity contribution in [2.75, 3.05) is 26.8 Å². The standard InChI is InChI=1S/C20H27N3O2/c1-3-21-20(23-14-19-5-4-10-25-19)22-13-15-6-7-17-12-18(24-2)9-8-16(17)11-15/h6-9,11-12,19H,3-5,10,13-14H2,1-2H3,(H2,21,22,23). The highest BCUT2D eigenvalue weighted by atomic mass is 16.5. The Labute approximate surface area is 149 Å². The maximum atomic E-state index is 5.66. The van der Waals surface area contributed by atoms with Crippen LogP contribution in [0.15, 0.2) is 41.4 Å². The van der Waals surface area contributed by atoms with Crippen molar-refractivity contribution in [3.63, 3.8) is 0 Å². The second-order valence-electron chi connectivity index (χ2n) is 6.26. The molecule has 0 radical (unpaired) electrons. The summed E-state index contributed by atoms with van der Waals surface area (Å²) in [6, 6.07) is 12.5. The molecule has 1 aliphatic heterocycles. The largest absolute Gasteiger partial charge is 0.497 e. The van der Waals surface area contributed by atoms with Gasteiger partial charge in [-0.3, -0.25) is 0 Å². The van der Waals surface area contributed by atoms with Gasteiger partial charge < -0.3 is 20.1 Å². The van der Waals surface area contributed by atoms with Gasteiger partial charge in [-0.05, 0) is 54.3 Å². The average Bonchev–Trinajstić information content (AvgIpc) is 3.17. The molecule has 1 unspecified atom stereocenters. The Balaban J connectivity index is 1.65. The maximum Gasteiger partial charge on any atom is 0.191 e. The van der Waals surface area contributed by atoms with Gasteiger partial charge in [0.2, 0.25) is 0 Å². The molecule has 0 aliphatic carbocycles. The molecule has 0 aromatic heterocycles. The lowest BCUT2D eigenvalue weighted by Gasteiger charge is -2.14. The zero-order valence-corrected chi connectivity index (χ0v) is 15.0. The molecule has 2 aromatic carbocycles. The minimum absolute atomic E-state index is 0.305. The zero-order valence-electron chi connectivity index (χ0n) is 15.0. The van der Waals surface area contributed by atoms with Crippen LogP contribution in [0.5, 0.6) is 5.75 Å². The van der Waals surface area contributed by atoms with Crippen molar-refractivity contribution in [1.29, 1.82) is 0 Å². The highest BCUT2D eigenvalue weighted by Crippen LogP contribution is 2.22. The molecule has 1 fully saturated rings. The van der Waals surface area contributed by atoms with Gasteiger partial charge in [-0.2, -0.15) is 0 Å². The molecule has 0 spiro atoms. The van der Waals surface area contributed by atoms with Gasteiger partial charge in [0, 0.05) is 19.7 Å². The number of fused-ring (bicyclic) bond motifs is 1. The summed E-state index contributed by atoms with van der Waals surface area (Å²) in [5, 5.41) is 9.05. The number of nitrogens with one attached hydrogen (secondary N) is 2. The van der Waals surface area contributed by atoms with Crippen LogP contribution in [0.2, 0.25) is 0 Å². The normalized spacial score (nSPS) is 17.7. The van der Waals surface area contributed by atoms with E-state index in [0.717, 1.165) is 44.2 Å². The highest BCUT2D eigenvalue weighted by molar-refractivity contribution is 5.84. The van der Waals surface area contributed by atoms with Gasteiger partial charge >= 0.3 is 0 Å². The molecule has 2 N–H and O–H groups in total. The van der Waals surface area contributed by atoms with Gasteiger partial charge in [0.15, 0.2) is 5.96 Å². The number of guanidine groups is 1. The third-order valence-electron chi connectivity index (χ3n) is 4.40. The summed E-state index contributed by atoms with van der Waals surface area (Å²) in [4.78, 5) is 4.70. The predicted molar refractivity (Wildman–Crippen MR) is 102 cm³/mol. The van der Waals surface area contributed by atoms with Gasteiger partial charge in [-0.15, -0.1) is 0 Å². The Morgan fingerprint density at radius 3 is 2.80 bits per heavy atom. The van der Waals surface area contributed by atoms with Crippen LogP contribution in [-0.2, 0) is 11.3 Å². The second kappa shape index (κ2) is 8.72. The first-order chi connectivity index (χ1) is 12.3. The van der Waals surface area contributed by atoms with Crippen LogP contribution < -0.4 is 15.4 Å². The SMILES string of the molecule is CCNC(=NCc1ccc2cc(OC)ccc2c1)NCC1CCCO1. The quantitative estimate of drug-likeness (QED) is 0.626. The molecule has 2 aromatic rings. The van der Waals surface area contributed by atoms with Crippen molar-refractivity contribution >= 4 is 16.7 Å². The van der Waals surface area contributed by atoms with Crippen LogP contribution in [0, 0.1) is 0 Å². The summed E-state index contributed by atoms with van der Waals surface area (Å²) in [7, 11) is 1.69. The van der Waals surface area contributed by atoms with E-state index in [9.17, 15) is 0 Å². The number of methoxy groups -OCH3 is 1. The van der Waals surface area contributed by atoms with Crippen LogP contribution in [0.25, 0.3) is 10.8 Å². The van der Waals surface area contributed by atoms with Crippen molar-refractivity contribution in [2.24, 2.45) is 4.99 Å². The molecular formula is C20H27N3O2. The van der Waals surface area contributed by atoms with E-state index in [1.807, 2.05) is 6.07 Å². The monoisotopic (exact) mass is 341 g/mol. The van der Waals surface area contributed by atoms with Crippen LogP contribution in [0.1, 0.15) is 25.3 Å². The molecule has 1 aliphatic rings. The third kappa shape index (κ3) is 4.86. The summed E-state index contributed by atoms with van der Waals surface area (Å²) < 4.78 is 10.9. The lowest BCUT2D eigenvalue weighted by atomic mass is 10.1. The molecule has 0 amide bonds. The predicted octanol–water partition coefficient (Wildman–Crippen LogP) is 3.08. The van der Waals surface area contributed by atoms with Crippen LogP contribution in [0.3, 0.4) is 0 Å². The van der Waals surface area contributed by atoms with Crippen molar-refractivity contribution in [3.8, 4) is 5.75 Å². The number of hydrogen-bond acceptors (Lipinski definition) is 3. The fourth-order valence-electron chi connectivity index (χ4n) is 3.03. The number of aliphatic imine (C=N–C) groups is 1. The minimum atomic E-state index is 0.305. The lowest BCUT2D eigenvalue weighted by Crippen LogP contribution is -2.41. The number of rotatable bonds is 6. The van der Waals surface area contributed by atoms with E-state index < -0.39 is 0 Å². The van der Waals surface area contributed by atoms with Gasteiger partial charge in [0.05, 0.1) is 19.8 Å². The number of nitrogens with zero attached hydrogens (tertiary/aromatic N) is 1. The summed E-state index contributed by atoms with van der Waals surface area (Å²) >= 11 is 0. The second-order valence-corrected chi connectivity index (χ2v) is 6.26. The van der Waals surface area contributed by atoms with Crippen molar-refractivity contribution in [3.05, 3.63) is 42.0 Å². The number of benzene rings is 2. The lowest BCUT2D eigenvalue weighted by molar-refractivity contribution is 0.114. The number of hydrogen-bond donors (Lipinski definition) is 2. The Bertz CT molecular complexity index is 724. The Morgan fingerprint density at radius 1 is 1.20 bits per heavy atom. The maximum absolute atomic E-state index is 5.66. The molecule has 25 heavy (non-hydrogen) atoms. The van der Waals surface area contributed by atoms with Crippen molar-refractivity contribution < 1.29 is 9.47 Å². The highest BCUT2D eigenvalue weighted by Gasteiger charge is 2.15. The van der Waals surface area contributed by atoms with E-state index in [0.29, 0.717) is 12.6 Å². The topological polar surface area (TPSA) is 54.9 Å². The number of ether oxygens (including phenoxy) is 2. The third-order valence-corrected chi connectivity index (χ3v) is 4.40. The molecule has 5 heteroatoms. The Kier molecular flexibility index (Phi) is 6.12. The Morgan fingerprint density at radius 2 is 2.04 bits per heavy atom. The summed E-state index contributed by atoms with van der Waals surface area (Å²) in [6.07, 6.45) is 2.59. The van der Waals surface area contributed by atoms with E-state index >= 15 is 0 Å². The van der Waals surface area contributed by atoms with Crippen LogP contribution >= 0.6 is 0 Å². The van der Waals surface area contributed by atoms with E-state index in [1.165, 1.54) is 16.3 Å². The first kappa shape index (κ1) is 17.5. The molecule has 1 heterocycles. The van der Waals surface area contributed by atoms with E-state index in [1.54, 1.807) is 7.11 Å². The molecular weight excluding hydrogens is 314 g/mol. The van der Waals surface area contributed by atoms with Crippen molar-refractivity contribution in [2.45, 2.75) is 32.4 Å². The first-order valence-electron chi connectivity index (χ1n) is 8.99. The van der Waals surface area contributed by atoms with E-state index in [2.05, 4.69) is 47.9 Å². The van der Waals surface area contributed by atoms with Crippen molar-refractivity contribution in [1.82, 2.24) is 10.6 Å². The summed E-state index contributed by atoms with van der Waals surface area (Å²) in [5.41, 5.74) is 1.19. The molecule has 0 saturated carbocycles. The molecule has 1 atom stereocenters. The molecule has 5 nitrogen and oxygen atoms in total. The van der Waals surface area contributed by atoms with Gasteiger partial charge in [0.1, 0.15) is 5.75 Å². The van der Waals surface area contributed by atoms with Crippen LogP contribution in [-0.4, -0.2) is 38.9 Å². The molecule has 3 rings (SSSR count). The van der Waals surface area contributed by atoms with Crippen LogP contribution in [0.4, 0.5) is 0 Å².